The standard InChI is InChI=1S/C26H22O4/c1-28-26(27)23-16-24(29-17-19-10-4-2-5-11-19)21-14-8-9-15-22(21)25(23)30-18-20-12-6-3-7-13-20/h2-16H,17-18H2,1H3. The summed E-state index contributed by atoms with van der Waals surface area (Å²) in [6.07, 6.45) is 0. The monoisotopic (exact) mass is 398 g/mol. The van der Waals surface area contributed by atoms with E-state index in [1.807, 2.05) is 84.9 Å². The van der Waals surface area contributed by atoms with Crippen LogP contribution < -0.4 is 9.47 Å². The molecular formula is C26H22O4. The maximum absolute atomic E-state index is 12.6. The zero-order valence-corrected chi connectivity index (χ0v) is 16.7. The molecule has 4 nitrogen and oxygen atoms in total. The molecule has 4 aromatic carbocycles. The van der Waals surface area contributed by atoms with E-state index in [1.165, 1.54) is 7.11 Å². The van der Waals surface area contributed by atoms with Crippen LogP contribution in [0.25, 0.3) is 10.8 Å². The first-order valence-corrected chi connectivity index (χ1v) is 9.74. The van der Waals surface area contributed by atoms with E-state index in [2.05, 4.69) is 0 Å². The third-order valence-electron chi connectivity index (χ3n) is 4.83. The summed E-state index contributed by atoms with van der Waals surface area (Å²) in [6, 6.07) is 29.2. The van der Waals surface area contributed by atoms with Crippen molar-refractivity contribution in [2.24, 2.45) is 0 Å². The van der Waals surface area contributed by atoms with Gasteiger partial charge in [0.25, 0.3) is 0 Å². The Balaban J connectivity index is 1.73. The lowest BCUT2D eigenvalue weighted by molar-refractivity contribution is 0.0595. The molecule has 4 aromatic rings. The molecule has 0 aliphatic carbocycles. The van der Waals surface area contributed by atoms with Gasteiger partial charge in [0.05, 0.1) is 7.11 Å². The summed E-state index contributed by atoms with van der Waals surface area (Å²) in [4.78, 5) is 12.6. The van der Waals surface area contributed by atoms with Gasteiger partial charge in [0.1, 0.15) is 30.3 Å². The lowest BCUT2D eigenvalue weighted by atomic mass is 10.0. The van der Waals surface area contributed by atoms with E-state index >= 15 is 0 Å². The van der Waals surface area contributed by atoms with Crippen LogP contribution in [0.4, 0.5) is 0 Å². The van der Waals surface area contributed by atoms with Crippen molar-refractivity contribution >= 4 is 16.7 Å². The Hall–Kier alpha value is -3.79. The van der Waals surface area contributed by atoms with Crippen LogP contribution in [-0.2, 0) is 18.0 Å². The Labute approximate surface area is 175 Å². The Bertz CT molecular complexity index is 1140. The molecule has 0 saturated carbocycles. The van der Waals surface area contributed by atoms with Crippen molar-refractivity contribution in [2.45, 2.75) is 13.2 Å². The van der Waals surface area contributed by atoms with Gasteiger partial charge in [-0.05, 0) is 17.2 Å². The van der Waals surface area contributed by atoms with E-state index in [1.54, 1.807) is 6.07 Å². The van der Waals surface area contributed by atoms with Crippen molar-refractivity contribution in [1.29, 1.82) is 0 Å². The zero-order chi connectivity index (χ0) is 20.8. The molecule has 4 heteroatoms. The summed E-state index contributed by atoms with van der Waals surface area (Å²) in [5.41, 5.74) is 2.41. The maximum atomic E-state index is 12.6. The average Bonchev–Trinajstić information content (AvgIpc) is 2.82. The summed E-state index contributed by atoms with van der Waals surface area (Å²) in [6.45, 7) is 0.745. The number of methoxy groups -OCH3 is 1. The third-order valence-corrected chi connectivity index (χ3v) is 4.83. The number of carbonyl (C=O) groups is 1. The smallest absolute Gasteiger partial charge is 0.341 e. The van der Waals surface area contributed by atoms with Gasteiger partial charge >= 0.3 is 5.97 Å². The highest BCUT2D eigenvalue weighted by Gasteiger charge is 2.20. The van der Waals surface area contributed by atoms with E-state index < -0.39 is 5.97 Å². The number of rotatable bonds is 7. The van der Waals surface area contributed by atoms with Crippen molar-refractivity contribution in [3.63, 3.8) is 0 Å². The maximum Gasteiger partial charge on any atom is 0.341 e. The number of carbonyl (C=O) groups excluding carboxylic acids is 1. The molecule has 0 saturated heterocycles. The predicted octanol–water partition coefficient (Wildman–Crippen LogP) is 5.78. The number of hydrogen-bond acceptors (Lipinski definition) is 4. The molecule has 4 rings (SSSR count). The van der Waals surface area contributed by atoms with Crippen LogP contribution in [0.3, 0.4) is 0 Å². The van der Waals surface area contributed by atoms with Crippen LogP contribution in [0, 0.1) is 0 Å². The van der Waals surface area contributed by atoms with Crippen LogP contribution in [0.15, 0.2) is 91.0 Å². The SMILES string of the molecule is COC(=O)c1cc(OCc2ccccc2)c2ccccc2c1OCc1ccccc1. The largest absolute Gasteiger partial charge is 0.488 e. The number of ether oxygens (including phenoxy) is 3. The second-order valence-corrected chi connectivity index (χ2v) is 6.84. The van der Waals surface area contributed by atoms with Crippen molar-refractivity contribution in [3.8, 4) is 11.5 Å². The summed E-state index contributed by atoms with van der Waals surface area (Å²) >= 11 is 0. The van der Waals surface area contributed by atoms with Gasteiger partial charge in [-0.2, -0.15) is 0 Å². The third kappa shape index (κ3) is 4.28. The minimum atomic E-state index is -0.464. The van der Waals surface area contributed by atoms with Gasteiger partial charge in [-0.15, -0.1) is 0 Å². The Morgan fingerprint density at radius 3 is 1.83 bits per heavy atom. The quantitative estimate of drug-likeness (QED) is 0.370. The summed E-state index contributed by atoms with van der Waals surface area (Å²) in [5, 5.41) is 1.68. The first-order valence-electron chi connectivity index (χ1n) is 9.74. The number of hydrogen-bond donors (Lipinski definition) is 0. The van der Waals surface area contributed by atoms with Crippen molar-refractivity contribution in [2.75, 3.05) is 7.11 Å². The molecule has 0 aromatic heterocycles. The topological polar surface area (TPSA) is 44.8 Å². The molecule has 0 bridgehead atoms. The average molecular weight is 398 g/mol. The summed E-state index contributed by atoms with van der Waals surface area (Å²) in [5.74, 6) is 0.642. The Kier molecular flexibility index (Phi) is 5.95. The minimum Gasteiger partial charge on any atom is -0.488 e. The number of benzene rings is 4. The van der Waals surface area contributed by atoms with Crippen molar-refractivity contribution in [1.82, 2.24) is 0 Å². The second-order valence-electron chi connectivity index (χ2n) is 6.84. The Morgan fingerprint density at radius 1 is 0.700 bits per heavy atom. The molecule has 0 aliphatic rings. The molecule has 0 fully saturated rings. The van der Waals surface area contributed by atoms with E-state index in [0.29, 0.717) is 30.3 Å². The second kappa shape index (κ2) is 9.14. The van der Waals surface area contributed by atoms with Crippen molar-refractivity contribution in [3.05, 3.63) is 108 Å². The number of esters is 1. The lowest BCUT2D eigenvalue weighted by Crippen LogP contribution is -2.08. The zero-order valence-electron chi connectivity index (χ0n) is 16.7. The first kappa shape index (κ1) is 19.5. The summed E-state index contributed by atoms with van der Waals surface area (Å²) < 4.78 is 17.2. The molecule has 0 amide bonds. The van der Waals surface area contributed by atoms with Crippen LogP contribution in [0.1, 0.15) is 21.5 Å². The molecule has 0 radical (unpaired) electrons. The van der Waals surface area contributed by atoms with Crippen LogP contribution >= 0.6 is 0 Å². The van der Waals surface area contributed by atoms with Gasteiger partial charge in [-0.1, -0.05) is 84.9 Å². The molecule has 0 N–H and O–H groups in total. The van der Waals surface area contributed by atoms with E-state index in [0.717, 1.165) is 21.9 Å². The fourth-order valence-corrected chi connectivity index (χ4v) is 3.32. The Morgan fingerprint density at radius 2 is 1.23 bits per heavy atom. The molecule has 0 spiro atoms. The lowest BCUT2D eigenvalue weighted by Gasteiger charge is -2.17. The van der Waals surface area contributed by atoms with Gasteiger partial charge in [0.15, 0.2) is 0 Å². The fraction of sp³-hybridized carbons (Fsp3) is 0.115. The van der Waals surface area contributed by atoms with Gasteiger partial charge < -0.3 is 14.2 Å². The van der Waals surface area contributed by atoms with Gasteiger partial charge in [-0.3, -0.25) is 0 Å². The molecule has 0 unspecified atom stereocenters. The van der Waals surface area contributed by atoms with Gasteiger partial charge in [-0.25, -0.2) is 4.79 Å². The minimum absolute atomic E-state index is 0.343. The molecule has 0 aliphatic heterocycles. The fourth-order valence-electron chi connectivity index (χ4n) is 3.32. The van der Waals surface area contributed by atoms with Crippen molar-refractivity contribution < 1.29 is 19.0 Å². The van der Waals surface area contributed by atoms with Gasteiger partial charge in [0.2, 0.25) is 0 Å². The van der Waals surface area contributed by atoms with Crippen LogP contribution in [0.5, 0.6) is 11.5 Å². The summed E-state index contributed by atoms with van der Waals surface area (Å²) in [7, 11) is 1.36. The van der Waals surface area contributed by atoms with Crippen LogP contribution in [0.2, 0.25) is 0 Å². The number of fused-ring (bicyclic) bond motifs is 1. The highest BCUT2D eigenvalue weighted by atomic mass is 16.5. The van der Waals surface area contributed by atoms with Crippen LogP contribution in [-0.4, -0.2) is 13.1 Å². The first-order chi connectivity index (χ1) is 14.8. The predicted molar refractivity (Wildman–Crippen MR) is 117 cm³/mol. The van der Waals surface area contributed by atoms with E-state index in [9.17, 15) is 4.79 Å². The molecule has 0 heterocycles. The van der Waals surface area contributed by atoms with Gasteiger partial charge in [0, 0.05) is 10.8 Å². The molecule has 0 atom stereocenters. The van der Waals surface area contributed by atoms with E-state index in [-0.39, 0.29) is 0 Å². The normalized spacial score (nSPS) is 10.6. The molecule has 30 heavy (non-hydrogen) atoms. The highest BCUT2D eigenvalue weighted by Crippen LogP contribution is 2.38. The highest BCUT2D eigenvalue weighted by molar-refractivity contribution is 6.04. The van der Waals surface area contributed by atoms with E-state index in [4.69, 9.17) is 14.2 Å². The molecule has 150 valence electrons. The molecular weight excluding hydrogens is 376 g/mol.